The zero-order chi connectivity index (χ0) is 20.4. The van der Waals surface area contributed by atoms with Crippen molar-refractivity contribution in [3.63, 3.8) is 0 Å². The summed E-state index contributed by atoms with van der Waals surface area (Å²) in [5.74, 6) is -0.134. The molecule has 0 radical (unpaired) electrons. The van der Waals surface area contributed by atoms with Crippen molar-refractivity contribution in [3.05, 3.63) is 70.9 Å². The Balaban J connectivity index is 3.00. The zero-order valence-electron chi connectivity index (χ0n) is 16.9. The number of rotatable bonds is 9. The molecule has 0 spiro atoms. The molecule has 146 valence electrons. The van der Waals surface area contributed by atoms with Crippen LogP contribution in [0.25, 0.3) is 0 Å². The van der Waals surface area contributed by atoms with E-state index >= 15 is 0 Å². The Morgan fingerprint density at radius 1 is 1.37 bits per heavy atom. The smallest absolute Gasteiger partial charge is 0.155 e. The largest absolute Gasteiger partial charge is 0.380 e. The van der Waals surface area contributed by atoms with E-state index in [9.17, 15) is 9.18 Å². The molecule has 4 nitrogen and oxygen atoms in total. The van der Waals surface area contributed by atoms with Gasteiger partial charge < -0.3 is 10.6 Å². The van der Waals surface area contributed by atoms with Crippen LogP contribution in [-0.4, -0.2) is 31.6 Å². The average Bonchev–Trinajstić information content (AvgIpc) is 2.78. The standard InChI is InChI=1S/C22H30FN3O/c1-15(19(5)27)13-22(26-17(3)10-11-24-6)18(4)25-14-20-8-7-9-21(23)16(2)12-20/h7-8,10,12-13,24-25H,4,9,11,14H2,1-3,5-6H3/b15-13+,17-10+,26-22+. The Hall–Kier alpha value is -2.53. The van der Waals surface area contributed by atoms with Crippen molar-refractivity contribution in [2.75, 3.05) is 20.1 Å². The quantitative estimate of drug-likeness (QED) is 0.469. The van der Waals surface area contributed by atoms with Gasteiger partial charge in [0, 0.05) is 25.2 Å². The SMILES string of the molecule is C=C(NCC1=CC(C)=C(F)CC=C1)C(/C=C(\C)C(C)=O)=N/C(C)=C/CNC. The minimum Gasteiger partial charge on any atom is -0.380 e. The van der Waals surface area contributed by atoms with E-state index in [2.05, 4.69) is 22.2 Å². The highest BCUT2D eigenvalue weighted by Gasteiger charge is 2.08. The summed E-state index contributed by atoms with van der Waals surface area (Å²) in [5, 5.41) is 6.27. The molecule has 0 amide bonds. The van der Waals surface area contributed by atoms with Crippen molar-refractivity contribution in [2.45, 2.75) is 34.1 Å². The Bertz CT molecular complexity index is 764. The summed E-state index contributed by atoms with van der Waals surface area (Å²) in [5.41, 5.74) is 4.22. The monoisotopic (exact) mass is 371 g/mol. The van der Waals surface area contributed by atoms with Crippen LogP contribution in [-0.2, 0) is 4.79 Å². The first kappa shape index (κ1) is 22.5. The molecule has 0 saturated heterocycles. The number of halogens is 1. The third-order valence-electron chi connectivity index (χ3n) is 4.08. The van der Waals surface area contributed by atoms with Crippen LogP contribution in [0.15, 0.2) is 75.9 Å². The number of carbonyl (C=O) groups excluding carboxylic acids is 1. The van der Waals surface area contributed by atoms with Crippen LogP contribution in [0.1, 0.15) is 34.1 Å². The van der Waals surface area contributed by atoms with Crippen molar-refractivity contribution in [3.8, 4) is 0 Å². The van der Waals surface area contributed by atoms with Gasteiger partial charge in [0.25, 0.3) is 0 Å². The van der Waals surface area contributed by atoms with E-state index in [1.807, 2.05) is 38.3 Å². The van der Waals surface area contributed by atoms with Crippen molar-refractivity contribution in [2.24, 2.45) is 4.99 Å². The van der Waals surface area contributed by atoms with Gasteiger partial charge in [-0.05, 0) is 63.6 Å². The minimum absolute atomic E-state index is 0.0157. The van der Waals surface area contributed by atoms with Crippen LogP contribution in [0, 0.1) is 0 Å². The molecule has 1 rings (SSSR count). The first-order valence-electron chi connectivity index (χ1n) is 8.99. The van der Waals surface area contributed by atoms with E-state index in [4.69, 9.17) is 0 Å². The predicted molar refractivity (Wildman–Crippen MR) is 112 cm³/mol. The van der Waals surface area contributed by atoms with Gasteiger partial charge in [-0.25, -0.2) is 4.39 Å². The Morgan fingerprint density at radius 3 is 2.70 bits per heavy atom. The van der Waals surface area contributed by atoms with E-state index in [0.29, 0.717) is 42.1 Å². The molecule has 0 saturated carbocycles. The summed E-state index contributed by atoms with van der Waals surface area (Å²) in [6, 6.07) is 0. The second-order valence-electron chi connectivity index (χ2n) is 6.53. The maximum Gasteiger partial charge on any atom is 0.155 e. The molecule has 27 heavy (non-hydrogen) atoms. The first-order chi connectivity index (χ1) is 12.7. The van der Waals surface area contributed by atoms with E-state index in [-0.39, 0.29) is 11.6 Å². The molecule has 0 fully saturated rings. The molecule has 0 heterocycles. The molecule has 0 atom stereocenters. The van der Waals surface area contributed by atoms with Gasteiger partial charge in [0.05, 0.1) is 11.4 Å². The second-order valence-corrected chi connectivity index (χ2v) is 6.53. The van der Waals surface area contributed by atoms with Gasteiger partial charge in [0.1, 0.15) is 5.83 Å². The number of nitrogens with one attached hydrogen (secondary N) is 2. The highest BCUT2D eigenvalue weighted by Crippen LogP contribution is 2.18. The van der Waals surface area contributed by atoms with Gasteiger partial charge in [-0.15, -0.1) is 0 Å². The number of aliphatic imine (C=N–C) groups is 1. The normalized spacial score (nSPS) is 16.2. The van der Waals surface area contributed by atoms with Crippen LogP contribution < -0.4 is 10.6 Å². The van der Waals surface area contributed by atoms with Crippen LogP contribution in [0.4, 0.5) is 4.39 Å². The minimum atomic E-state index is -0.118. The maximum atomic E-state index is 13.7. The van der Waals surface area contributed by atoms with Gasteiger partial charge in [-0.2, -0.15) is 0 Å². The van der Waals surface area contributed by atoms with Crippen LogP contribution in [0.5, 0.6) is 0 Å². The summed E-state index contributed by atoms with van der Waals surface area (Å²) in [6.07, 6.45) is 9.54. The van der Waals surface area contributed by atoms with Crippen molar-refractivity contribution < 1.29 is 9.18 Å². The second kappa shape index (κ2) is 11.2. The van der Waals surface area contributed by atoms with Gasteiger partial charge in [0.2, 0.25) is 0 Å². The molecular weight excluding hydrogens is 341 g/mol. The number of Topliss-reactive ketones (excluding diaryl/α,β-unsaturated/α-hetero) is 1. The molecule has 0 aromatic rings. The number of likely N-dealkylation sites (N-methyl/N-ethyl adjacent to an activating group) is 1. The molecule has 0 aromatic heterocycles. The molecular formula is C22H30FN3O. The van der Waals surface area contributed by atoms with Crippen molar-refractivity contribution >= 4 is 11.5 Å². The number of hydrogen-bond acceptors (Lipinski definition) is 4. The third-order valence-corrected chi connectivity index (χ3v) is 4.08. The molecule has 1 aliphatic carbocycles. The lowest BCUT2D eigenvalue weighted by Crippen LogP contribution is -2.21. The topological polar surface area (TPSA) is 53.5 Å². The van der Waals surface area contributed by atoms with Crippen LogP contribution in [0.2, 0.25) is 0 Å². The van der Waals surface area contributed by atoms with Gasteiger partial charge >= 0.3 is 0 Å². The molecule has 0 aliphatic heterocycles. The van der Waals surface area contributed by atoms with E-state index in [1.54, 1.807) is 19.9 Å². The number of allylic oxidation sites excluding steroid dienone is 7. The van der Waals surface area contributed by atoms with Gasteiger partial charge in [-0.3, -0.25) is 9.79 Å². The molecule has 1 aliphatic rings. The molecule has 0 unspecified atom stereocenters. The fourth-order valence-electron chi connectivity index (χ4n) is 2.27. The molecule has 2 N–H and O–H groups in total. The maximum absolute atomic E-state index is 13.7. The Labute approximate surface area is 162 Å². The van der Waals surface area contributed by atoms with Crippen molar-refractivity contribution in [1.82, 2.24) is 10.6 Å². The summed E-state index contributed by atoms with van der Waals surface area (Å²) >= 11 is 0. The van der Waals surface area contributed by atoms with E-state index in [0.717, 1.165) is 11.3 Å². The lowest BCUT2D eigenvalue weighted by molar-refractivity contribution is -0.113. The summed E-state index contributed by atoms with van der Waals surface area (Å²) < 4.78 is 13.7. The molecule has 5 heteroatoms. The van der Waals surface area contributed by atoms with E-state index in [1.165, 1.54) is 6.92 Å². The highest BCUT2D eigenvalue weighted by molar-refractivity contribution is 6.12. The zero-order valence-corrected chi connectivity index (χ0v) is 16.9. The fourth-order valence-corrected chi connectivity index (χ4v) is 2.27. The lowest BCUT2D eigenvalue weighted by Gasteiger charge is -2.12. The Morgan fingerprint density at radius 2 is 2.07 bits per heavy atom. The number of ketones is 1. The predicted octanol–water partition coefficient (Wildman–Crippen LogP) is 4.32. The first-order valence-corrected chi connectivity index (χ1v) is 8.99. The number of hydrogen-bond donors (Lipinski definition) is 2. The number of nitrogens with zero attached hydrogens (tertiary/aromatic N) is 1. The molecule has 0 bridgehead atoms. The number of carbonyl (C=O) groups is 1. The summed E-state index contributed by atoms with van der Waals surface area (Å²) in [7, 11) is 1.86. The fraction of sp³-hybridized carbons (Fsp3) is 0.364. The lowest BCUT2D eigenvalue weighted by atomic mass is 10.1. The third kappa shape index (κ3) is 8.13. The van der Waals surface area contributed by atoms with Crippen LogP contribution in [0.3, 0.4) is 0 Å². The Kier molecular flexibility index (Phi) is 9.37. The summed E-state index contributed by atoms with van der Waals surface area (Å²) in [4.78, 5) is 16.2. The molecule has 0 aromatic carbocycles. The average molecular weight is 372 g/mol. The van der Waals surface area contributed by atoms with Gasteiger partial charge in [0.15, 0.2) is 5.78 Å². The van der Waals surface area contributed by atoms with Crippen molar-refractivity contribution in [1.29, 1.82) is 0 Å². The highest BCUT2D eigenvalue weighted by atomic mass is 19.1. The van der Waals surface area contributed by atoms with E-state index < -0.39 is 0 Å². The summed E-state index contributed by atoms with van der Waals surface area (Å²) in [6.45, 7) is 12.2. The van der Waals surface area contributed by atoms with Crippen LogP contribution >= 0.6 is 0 Å². The van der Waals surface area contributed by atoms with Gasteiger partial charge in [-0.1, -0.05) is 24.8 Å².